The Morgan fingerprint density at radius 1 is 0.977 bits per heavy atom. The monoisotopic (exact) mass is 650 g/mol. The summed E-state index contributed by atoms with van der Waals surface area (Å²) in [5, 5.41) is 19.1. The Bertz CT molecular complexity index is 2070. The highest BCUT2D eigenvalue weighted by Crippen LogP contribution is 2.41. The summed E-state index contributed by atoms with van der Waals surface area (Å²) in [4.78, 5) is 30.5. The first-order chi connectivity index (χ1) is 21.4. The number of halogens is 1. The maximum absolute atomic E-state index is 14.0. The fourth-order valence-electron chi connectivity index (χ4n) is 5.88. The van der Waals surface area contributed by atoms with E-state index in [0.29, 0.717) is 35.3 Å². The lowest BCUT2D eigenvalue weighted by molar-refractivity contribution is 0.252. The van der Waals surface area contributed by atoms with E-state index in [0.717, 1.165) is 32.2 Å². The smallest absolute Gasteiger partial charge is 0.319 e. The van der Waals surface area contributed by atoms with Gasteiger partial charge in [-0.2, -0.15) is 0 Å². The van der Waals surface area contributed by atoms with Gasteiger partial charge in [0.05, 0.1) is 29.8 Å². The van der Waals surface area contributed by atoms with Crippen LogP contribution in [0.4, 0.5) is 10.5 Å². The number of aromatic hydroxyl groups is 1. The van der Waals surface area contributed by atoms with Crippen LogP contribution < -0.4 is 20.9 Å². The number of para-hydroxylation sites is 4. The summed E-state index contributed by atoms with van der Waals surface area (Å²) in [6, 6.07) is 29.9. The molecule has 0 fully saturated rings. The van der Waals surface area contributed by atoms with Crippen LogP contribution >= 0.6 is 15.9 Å². The number of aromatic amines is 1. The Morgan fingerprint density at radius 2 is 1.70 bits per heavy atom. The van der Waals surface area contributed by atoms with Crippen LogP contribution in [0.1, 0.15) is 28.3 Å². The van der Waals surface area contributed by atoms with E-state index in [9.17, 15) is 14.7 Å². The molecule has 0 bridgehead atoms. The number of H-pyrrole nitrogens is 1. The molecule has 2 aromatic heterocycles. The number of fused-ring (bicyclic) bond motifs is 2. The highest BCUT2D eigenvalue weighted by molar-refractivity contribution is 9.10. The molecule has 44 heavy (non-hydrogen) atoms. The fraction of sp³-hybridized carbons (Fsp3) is 0.143. The number of anilines is 1. The molecule has 4 N–H and O–H groups in total. The molecule has 0 aliphatic rings. The summed E-state index contributed by atoms with van der Waals surface area (Å²) >= 11 is 3.60. The number of hydrogen-bond donors (Lipinski definition) is 4. The number of hydrogen-bond acceptors (Lipinski definition) is 4. The van der Waals surface area contributed by atoms with Gasteiger partial charge in [-0.05, 0) is 60.0 Å². The Labute approximate surface area is 262 Å². The van der Waals surface area contributed by atoms with Crippen LogP contribution in [0.3, 0.4) is 0 Å². The normalized spacial score (nSPS) is 11.9. The molecule has 0 aliphatic carbocycles. The number of benzene rings is 4. The topological polar surface area (TPSA) is 108 Å². The maximum atomic E-state index is 14.0. The van der Waals surface area contributed by atoms with Crippen LogP contribution in [0.15, 0.2) is 106 Å². The zero-order chi connectivity index (χ0) is 30.8. The minimum atomic E-state index is -0.624. The molecule has 4 aromatic carbocycles. The number of pyridine rings is 1. The van der Waals surface area contributed by atoms with Crippen LogP contribution in [0, 0.1) is 0 Å². The molecule has 9 heteroatoms. The second kappa shape index (κ2) is 12.3. The number of aryl methyl sites for hydroxylation is 1. The number of nitrogens with one attached hydrogen (secondary N) is 3. The molecule has 6 rings (SSSR count). The average Bonchev–Trinajstić information content (AvgIpc) is 3.40. The summed E-state index contributed by atoms with van der Waals surface area (Å²) < 4.78 is 7.79. The number of methoxy groups -OCH3 is 1. The lowest BCUT2D eigenvalue weighted by Gasteiger charge is -2.22. The molecule has 0 aliphatic heterocycles. The summed E-state index contributed by atoms with van der Waals surface area (Å²) in [5.41, 5.74) is 4.65. The first-order valence-electron chi connectivity index (χ1n) is 14.2. The van der Waals surface area contributed by atoms with Gasteiger partial charge in [-0.25, -0.2) is 4.79 Å². The first kappa shape index (κ1) is 29.1. The van der Waals surface area contributed by atoms with Crippen molar-refractivity contribution in [3.63, 3.8) is 0 Å². The van der Waals surface area contributed by atoms with Crippen molar-refractivity contribution in [3.05, 3.63) is 134 Å². The van der Waals surface area contributed by atoms with Gasteiger partial charge in [-0.3, -0.25) is 4.79 Å². The minimum absolute atomic E-state index is 0.0485. The molecule has 222 valence electrons. The number of nitrogens with zero attached hydrogens (tertiary/aromatic N) is 1. The lowest BCUT2D eigenvalue weighted by Crippen LogP contribution is -2.31. The predicted octanol–water partition coefficient (Wildman–Crippen LogP) is 7.04. The van der Waals surface area contributed by atoms with Crippen molar-refractivity contribution in [1.29, 1.82) is 0 Å². The Balaban J connectivity index is 1.44. The van der Waals surface area contributed by atoms with E-state index >= 15 is 0 Å². The second-order valence-corrected chi connectivity index (χ2v) is 11.4. The van der Waals surface area contributed by atoms with E-state index in [1.165, 1.54) is 0 Å². The highest BCUT2D eigenvalue weighted by Gasteiger charge is 2.30. The Hall–Kier alpha value is -5.02. The van der Waals surface area contributed by atoms with Crippen LogP contribution in [0.5, 0.6) is 11.5 Å². The number of carbonyl (C=O) groups excluding carboxylic acids is 1. The quantitative estimate of drug-likeness (QED) is 0.142. The van der Waals surface area contributed by atoms with E-state index in [1.54, 1.807) is 30.9 Å². The van der Waals surface area contributed by atoms with Gasteiger partial charge in [0, 0.05) is 40.0 Å². The zero-order valence-electron chi connectivity index (χ0n) is 24.2. The second-order valence-electron chi connectivity index (χ2n) is 10.5. The van der Waals surface area contributed by atoms with Crippen molar-refractivity contribution < 1.29 is 14.6 Å². The van der Waals surface area contributed by atoms with Gasteiger partial charge in [-0.15, -0.1) is 0 Å². The van der Waals surface area contributed by atoms with Crippen LogP contribution in [0.2, 0.25) is 0 Å². The van der Waals surface area contributed by atoms with E-state index in [-0.39, 0.29) is 22.9 Å². The van der Waals surface area contributed by atoms with E-state index in [4.69, 9.17) is 4.74 Å². The van der Waals surface area contributed by atoms with Crippen molar-refractivity contribution in [2.45, 2.75) is 12.3 Å². The molecular formula is C35H31BrN4O4. The van der Waals surface area contributed by atoms with Crippen molar-refractivity contribution in [3.8, 4) is 11.5 Å². The van der Waals surface area contributed by atoms with Crippen molar-refractivity contribution in [1.82, 2.24) is 14.9 Å². The third-order valence-corrected chi connectivity index (χ3v) is 8.43. The molecule has 6 aromatic rings. The van der Waals surface area contributed by atoms with Crippen LogP contribution in [-0.4, -0.2) is 34.3 Å². The number of rotatable bonds is 8. The summed E-state index contributed by atoms with van der Waals surface area (Å²) in [6.07, 6.45) is 0.470. The molecule has 1 atom stereocenters. The van der Waals surface area contributed by atoms with Gasteiger partial charge in [0.1, 0.15) is 11.5 Å². The van der Waals surface area contributed by atoms with Gasteiger partial charge in [0.25, 0.3) is 5.56 Å². The molecule has 2 heterocycles. The number of aromatic nitrogens is 2. The molecule has 1 unspecified atom stereocenters. The number of amides is 2. The largest absolute Gasteiger partial charge is 0.507 e. The number of carbonyl (C=O) groups is 1. The van der Waals surface area contributed by atoms with Gasteiger partial charge in [0.15, 0.2) is 0 Å². The SMILES string of the molecule is COc1ccccc1NC(=O)NCCc1c(C(c2cccc(Br)c2)c2c(O)c3ccccc3n(C)c2=O)[nH]c2ccccc12. The van der Waals surface area contributed by atoms with E-state index < -0.39 is 5.92 Å². The number of ether oxygens (including phenoxy) is 1. The van der Waals surface area contributed by atoms with Crippen LogP contribution in [0.25, 0.3) is 21.8 Å². The predicted molar refractivity (Wildman–Crippen MR) is 178 cm³/mol. The summed E-state index contributed by atoms with van der Waals surface area (Å²) in [5.74, 6) is -0.108. The summed E-state index contributed by atoms with van der Waals surface area (Å²) in [6.45, 7) is 0.322. The molecule has 0 saturated carbocycles. The lowest BCUT2D eigenvalue weighted by atomic mass is 9.85. The van der Waals surface area contributed by atoms with Crippen molar-refractivity contribution in [2.75, 3.05) is 19.0 Å². The van der Waals surface area contributed by atoms with Crippen LogP contribution in [-0.2, 0) is 13.5 Å². The molecule has 0 saturated heterocycles. The third-order valence-electron chi connectivity index (χ3n) is 7.93. The average molecular weight is 652 g/mol. The van der Waals surface area contributed by atoms with E-state index in [1.807, 2.05) is 84.9 Å². The minimum Gasteiger partial charge on any atom is -0.507 e. The van der Waals surface area contributed by atoms with Crippen molar-refractivity contribution in [2.24, 2.45) is 7.05 Å². The molecule has 0 radical (unpaired) electrons. The molecule has 8 nitrogen and oxygen atoms in total. The Morgan fingerprint density at radius 3 is 2.50 bits per heavy atom. The molecular weight excluding hydrogens is 620 g/mol. The molecule has 0 spiro atoms. The Kier molecular flexibility index (Phi) is 8.13. The molecule has 2 amide bonds. The fourth-order valence-corrected chi connectivity index (χ4v) is 6.30. The first-order valence-corrected chi connectivity index (χ1v) is 15.0. The maximum Gasteiger partial charge on any atom is 0.319 e. The van der Waals surface area contributed by atoms with Gasteiger partial charge >= 0.3 is 6.03 Å². The van der Waals surface area contributed by atoms with E-state index in [2.05, 4.69) is 31.5 Å². The van der Waals surface area contributed by atoms with Gasteiger partial charge in [-0.1, -0.05) is 70.5 Å². The van der Waals surface area contributed by atoms with Gasteiger partial charge < -0.3 is 30.0 Å². The third kappa shape index (κ3) is 5.42. The zero-order valence-corrected chi connectivity index (χ0v) is 25.8. The summed E-state index contributed by atoms with van der Waals surface area (Å²) in [7, 11) is 3.28. The van der Waals surface area contributed by atoms with Crippen molar-refractivity contribution >= 4 is 49.5 Å². The standard InChI is InChI=1S/C35H31BrN4O4/c1-40-28-16-7-4-13-25(28)33(41)31(34(40)42)30(21-10-9-11-22(36)20-21)32-24(23-12-3-5-14-26(23)38-32)18-19-37-35(43)39-27-15-6-8-17-29(27)44-2/h3-17,20,30,38,41H,18-19H2,1-2H3,(H2,37,39,43). The van der Waals surface area contributed by atoms with Gasteiger partial charge in [0.2, 0.25) is 0 Å². The number of urea groups is 1. The highest BCUT2D eigenvalue weighted by atomic mass is 79.9.